The average molecular weight is 422 g/mol. The number of hydrogen-bond acceptors (Lipinski definition) is 8. The Morgan fingerprint density at radius 2 is 1.70 bits per heavy atom. The average Bonchev–Trinajstić information content (AvgIpc) is 3.50. The van der Waals surface area contributed by atoms with Gasteiger partial charge in [0, 0.05) is 25.6 Å². The van der Waals surface area contributed by atoms with Crippen LogP contribution in [0, 0.1) is 0 Å². The van der Waals surface area contributed by atoms with Crippen molar-refractivity contribution in [3.63, 3.8) is 0 Å². The van der Waals surface area contributed by atoms with Crippen LogP contribution in [0.4, 0.5) is 0 Å². The SMILES string of the molecule is CCOC(=O)CCC(NC(=O)C1CN1Cc1cc(OC)cc(OC)c1)C(=O)OCC. The monoisotopic (exact) mass is 422 g/mol. The standard InChI is InChI=1S/C21H30N2O7/c1-5-29-19(24)8-7-17(21(26)30-6-2)22-20(25)18-13-23(18)12-14-9-15(27-3)11-16(10-14)28-4/h9-11,17-18H,5-8,12-13H2,1-4H3,(H,22,25). The first-order valence-electron chi connectivity index (χ1n) is 10.00. The van der Waals surface area contributed by atoms with Crippen molar-refractivity contribution in [1.82, 2.24) is 10.2 Å². The van der Waals surface area contributed by atoms with Gasteiger partial charge in [0.25, 0.3) is 0 Å². The van der Waals surface area contributed by atoms with Crippen molar-refractivity contribution in [3.8, 4) is 11.5 Å². The largest absolute Gasteiger partial charge is 0.497 e. The molecule has 9 heteroatoms. The number of benzene rings is 1. The fourth-order valence-electron chi connectivity index (χ4n) is 3.05. The molecule has 1 aromatic rings. The Hall–Kier alpha value is -2.81. The van der Waals surface area contributed by atoms with Crippen LogP contribution >= 0.6 is 0 Å². The second-order valence-electron chi connectivity index (χ2n) is 6.82. The molecule has 1 heterocycles. The van der Waals surface area contributed by atoms with Crippen LogP contribution in [0.1, 0.15) is 32.3 Å². The lowest BCUT2D eigenvalue weighted by Crippen LogP contribution is -2.44. The van der Waals surface area contributed by atoms with Crippen molar-refractivity contribution in [2.45, 2.75) is 45.3 Å². The maximum Gasteiger partial charge on any atom is 0.328 e. The Balaban J connectivity index is 1.93. The van der Waals surface area contributed by atoms with E-state index in [4.69, 9.17) is 18.9 Å². The molecule has 3 atom stereocenters. The lowest BCUT2D eigenvalue weighted by Gasteiger charge is -2.17. The van der Waals surface area contributed by atoms with E-state index in [0.717, 1.165) is 5.56 Å². The van der Waals surface area contributed by atoms with Gasteiger partial charge in [-0.15, -0.1) is 0 Å². The molecule has 1 amide bonds. The molecule has 9 nitrogen and oxygen atoms in total. The molecule has 1 N–H and O–H groups in total. The molecular formula is C21H30N2O7. The lowest BCUT2D eigenvalue weighted by molar-refractivity contribution is -0.148. The molecule has 0 saturated carbocycles. The van der Waals surface area contributed by atoms with Gasteiger partial charge in [0.2, 0.25) is 5.91 Å². The summed E-state index contributed by atoms with van der Waals surface area (Å²) in [6, 6.07) is 4.32. The van der Waals surface area contributed by atoms with E-state index in [1.165, 1.54) is 0 Å². The highest BCUT2D eigenvalue weighted by atomic mass is 16.5. The van der Waals surface area contributed by atoms with Crippen LogP contribution in [0.15, 0.2) is 18.2 Å². The molecule has 3 unspecified atom stereocenters. The third-order valence-electron chi connectivity index (χ3n) is 4.64. The van der Waals surface area contributed by atoms with Crippen molar-refractivity contribution < 1.29 is 33.3 Å². The van der Waals surface area contributed by atoms with Gasteiger partial charge in [-0.2, -0.15) is 0 Å². The predicted octanol–water partition coefficient (Wildman–Crippen LogP) is 1.28. The molecule has 1 saturated heterocycles. The Morgan fingerprint density at radius 3 is 2.27 bits per heavy atom. The summed E-state index contributed by atoms with van der Waals surface area (Å²) in [5.41, 5.74) is 0.950. The minimum Gasteiger partial charge on any atom is -0.497 e. The summed E-state index contributed by atoms with van der Waals surface area (Å²) in [5.74, 6) is 0.106. The van der Waals surface area contributed by atoms with Crippen molar-refractivity contribution in [1.29, 1.82) is 0 Å². The summed E-state index contributed by atoms with van der Waals surface area (Å²) in [6.07, 6.45) is 0.152. The van der Waals surface area contributed by atoms with Gasteiger partial charge < -0.3 is 24.3 Å². The summed E-state index contributed by atoms with van der Waals surface area (Å²) in [6.45, 7) is 4.96. The Kier molecular flexibility index (Phi) is 8.91. The quantitative estimate of drug-likeness (QED) is 0.397. The van der Waals surface area contributed by atoms with Crippen LogP contribution in [0.2, 0.25) is 0 Å². The molecule has 0 aliphatic carbocycles. The molecule has 166 valence electrons. The molecule has 0 radical (unpaired) electrons. The van der Waals surface area contributed by atoms with Crippen LogP contribution in [-0.2, 0) is 30.4 Å². The summed E-state index contributed by atoms with van der Waals surface area (Å²) >= 11 is 0. The summed E-state index contributed by atoms with van der Waals surface area (Å²) in [5, 5.41) is 2.71. The van der Waals surface area contributed by atoms with Crippen LogP contribution in [0.25, 0.3) is 0 Å². The molecule has 0 aromatic heterocycles. The minimum atomic E-state index is -0.888. The van der Waals surface area contributed by atoms with Gasteiger partial charge in [0.1, 0.15) is 23.6 Å². The first kappa shape index (κ1) is 23.5. The van der Waals surface area contributed by atoms with Gasteiger partial charge in [-0.25, -0.2) is 4.79 Å². The maximum absolute atomic E-state index is 12.6. The zero-order valence-electron chi connectivity index (χ0n) is 17.9. The van der Waals surface area contributed by atoms with E-state index in [1.54, 1.807) is 34.1 Å². The van der Waals surface area contributed by atoms with Crippen LogP contribution in [0.3, 0.4) is 0 Å². The van der Waals surface area contributed by atoms with Crippen LogP contribution < -0.4 is 14.8 Å². The molecule has 1 aliphatic rings. The third-order valence-corrected chi connectivity index (χ3v) is 4.64. The molecule has 0 bridgehead atoms. The van der Waals surface area contributed by atoms with Gasteiger partial charge in [0.15, 0.2) is 0 Å². The van der Waals surface area contributed by atoms with Gasteiger partial charge >= 0.3 is 11.9 Å². The highest BCUT2D eigenvalue weighted by Gasteiger charge is 2.41. The highest BCUT2D eigenvalue weighted by Crippen LogP contribution is 2.27. The van der Waals surface area contributed by atoms with E-state index in [0.29, 0.717) is 24.6 Å². The Morgan fingerprint density at radius 1 is 1.07 bits per heavy atom. The molecular weight excluding hydrogens is 392 g/mol. The number of nitrogens with one attached hydrogen (secondary N) is 1. The van der Waals surface area contributed by atoms with E-state index in [9.17, 15) is 14.4 Å². The molecule has 2 rings (SSSR count). The van der Waals surface area contributed by atoms with E-state index in [-0.39, 0.29) is 38.0 Å². The highest BCUT2D eigenvalue weighted by molar-refractivity contribution is 5.89. The maximum atomic E-state index is 12.6. The second kappa shape index (κ2) is 11.4. The van der Waals surface area contributed by atoms with Crippen molar-refractivity contribution in [2.24, 2.45) is 0 Å². The number of methoxy groups -OCH3 is 2. The molecule has 0 spiro atoms. The fraction of sp³-hybridized carbons (Fsp3) is 0.571. The van der Waals surface area contributed by atoms with Gasteiger partial charge in [-0.3, -0.25) is 14.5 Å². The number of carbonyl (C=O) groups is 3. The number of nitrogens with zero attached hydrogens (tertiary/aromatic N) is 1. The second-order valence-corrected chi connectivity index (χ2v) is 6.82. The number of ether oxygens (including phenoxy) is 4. The summed E-state index contributed by atoms with van der Waals surface area (Å²) in [7, 11) is 3.16. The summed E-state index contributed by atoms with van der Waals surface area (Å²) < 4.78 is 20.5. The number of esters is 2. The van der Waals surface area contributed by atoms with Crippen molar-refractivity contribution >= 4 is 17.8 Å². The van der Waals surface area contributed by atoms with Crippen molar-refractivity contribution in [3.05, 3.63) is 23.8 Å². The number of rotatable bonds is 12. The third kappa shape index (κ3) is 6.91. The van der Waals surface area contributed by atoms with E-state index in [2.05, 4.69) is 5.32 Å². The minimum absolute atomic E-state index is 0.0234. The number of carbonyl (C=O) groups excluding carboxylic acids is 3. The number of amides is 1. The number of hydrogen-bond donors (Lipinski definition) is 1. The van der Waals surface area contributed by atoms with E-state index in [1.807, 2.05) is 17.0 Å². The van der Waals surface area contributed by atoms with Gasteiger partial charge in [-0.1, -0.05) is 0 Å². The molecule has 30 heavy (non-hydrogen) atoms. The molecule has 1 aromatic carbocycles. The zero-order chi connectivity index (χ0) is 22.1. The Labute approximate surface area is 176 Å². The molecule has 1 fully saturated rings. The van der Waals surface area contributed by atoms with Gasteiger partial charge in [-0.05, 0) is 38.0 Å². The molecule has 1 aliphatic heterocycles. The van der Waals surface area contributed by atoms with Crippen molar-refractivity contribution in [2.75, 3.05) is 34.0 Å². The first-order valence-corrected chi connectivity index (χ1v) is 10.00. The Bertz CT molecular complexity index is 731. The zero-order valence-corrected chi connectivity index (χ0v) is 17.9. The van der Waals surface area contributed by atoms with Crippen LogP contribution in [-0.4, -0.2) is 68.8 Å². The van der Waals surface area contributed by atoms with E-state index < -0.39 is 18.0 Å². The predicted molar refractivity (Wildman–Crippen MR) is 108 cm³/mol. The summed E-state index contributed by atoms with van der Waals surface area (Å²) in [4.78, 5) is 38.4. The smallest absolute Gasteiger partial charge is 0.328 e. The normalized spacial score (nSPS) is 18.1. The van der Waals surface area contributed by atoms with Crippen LogP contribution in [0.5, 0.6) is 11.5 Å². The lowest BCUT2D eigenvalue weighted by atomic mass is 10.1. The topological polar surface area (TPSA) is 103 Å². The van der Waals surface area contributed by atoms with Gasteiger partial charge in [0.05, 0.1) is 27.4 Å². The fourth-order valence-corrected chi connectivity index (χ4v) is 3.05. The first-order chi connectivity index (χ1) is 14.4. The van der Waals surface area contributed by atoms with E-state index >= 15 is 0 Å².